The average molecular weight is 380 g/mol. The first-order chi connectivity index (χ1) is 13.7. The van der Waals surface area contributed by atoms with Gasteiger partial charge in [0.2, 0.25) is 0 Å². The highest BCUT2D eigenvalue weighted by molar-refractivity contribution is 5.91. The number of furan rings is 1. The predicted octanol–water partition coefficient (Wildman–Crippen LogP) is 1.77. The van der Waals surface area contributed by atoms with Gasteiger partial charge in [-0.3, -0.25) is 9.79 Å². The minimum absolute atomic E-state index is 0.0623. The molecule has 0 saturated carbocycles. The Balaban J connectivity index is 1.34. The minimum Gasteiger partial charge on any atom is -0.459 e. The Morgan fingerprint density at radius 3 is 2.64 bits per heavy atom. The number of rotatable bonds is 3. The van der Waals surface area contributed by atoms with E-state index in [0.29, 0.717) is 25.4 Å². The van der Waals surface area contributed by atoms with E-state index in [9.17, 15) is 4.79 Å². The van der Waals surface area contributed by atoms with E-state index in [4.69, 9.17) is 4.42 Å². The number of aromatic nitrogens is 2. The summed E-state index contributed by atoms with van der Waals surface area (Å²) < 4.78 is 7.30. The summed E-state index contributed by atoms with van der Waals surface area (Å²) in [6.07, 6.45) is 3.57. The first-order valence-corrected chi connectivity index (χ1v) is 9.37. The van der Waals surface area contributed by atoms with E-state index in [1.807, 2.05) is 23.2 Å². The first kappa shape index (κ1) is 18.1. The third-order valence-electron chi connectivity index (χ3n) is 4.98. The maximum Gasteiger partial charge on any atom is 0.289 e. The third-order valence-corrected chi connectivity index (χ3v) is 4.98. The number of nitrogens with zero attached hydrogens (tertiary/aromatic N) is 5. The van der Waals surface area contributed by atoms with E-state index in [-0.39, 0.29) is 5.91 Å². The van der Waals surface area contributed by atoms with E-state index >= 15 is 0 Å². The van der Waals surface area contributed by atoms with Crippen molar-refractivity contribution in [2.24, 2.45) is 4.99 Å². The van der Waals surface area contributed by atoms with Crippen molar-refractivity contribution in [3.05, 3.63) is 59.9 Å². The summed E-state index contributed by atoms with van der Waals surface area (Å²) in [5.74, 6) is 1.14. The van der Waals surface area contributed by atoms with Crippen molar-refractivity contribution >= 4 is 17.5 Å². The van der Waals surface area contributed by atoms with E-state index in [2.05, 4.69) is 37.6 Å². The summed E-state index contributed by atoms with van der Waals surface area (Å²) in [7, 11) is 1.77. The molecule has 1 amide bonds. The van der Waals surface area contributed by atoms with Crippen molar-refractivity contribution in [2.45, 2.75) is 13.5 Å². The van der Waals surface area contributed by atoms with Gasteiger partial charge in [0.05, 0.1) is 18.5 Å². The summed E-state index contributed by atoms with van der Waals surface area (Å²) in [4.78, 5) is 25.4. The topological polar surface area (TPSA) is 78.4 Å². The maximum atomic E-state index is 12.4. The zero-order valence-electron chi connectivity index (χ0n) is 16.1. The maximum absolute atomic E-state index is 12.4. The number of imidazole rings is 1. The molecule has 0 bridgehead atoms. The molecular weight excluding hydrogens is 356 g/mol. The Morgan fingerprint density at radius 1 is 1.18 bits per heavy atom. The Hall–Kier alpha value is -3.29. The Kier molecular flexibility index (Phi) is 5.01. The summed E-state index contributed by atoms with van der Waals surface area (Å²) in [5.41, 5.74) is 3.05. The summed E-state index contributed by atoms with van der Waals surface area (Å²) in [5, 5.41) is 3.39. The Labute approximate surface area is 163 Å². The lowest BCUT2D eigenvalue weighted by Gasteiger charge is -2.36. The van der Waals surface area contributed by atoms with E-state index in [0.717, 1.165) is 36.1 Å². The van der Waals surface area contributed by atoms with Crippen molar-refractivity contribution in [3.8, 4) is 0 Å². The lowest BCUT2D eigenvalue weighted by Crippen LogP contribution is -2.53. The van der Waals surface area contributed by atoms with Crippen LogP contribution in [0, 0.1) is 6.92 Å². The molecule has 4 heterocycles. The second-order valence-corrected chi connectivity index (χ2v) is 6.78. The molecule has 146 valence electrons. The van der Waals surface area contributed by atoms with Crippen molar-refractivity contribution in [1.82, 2.24) is 24.5 Å². The average Bonchev–Trinajstić information content (AvgIpc) is 3.39. The number of fused-ring (bicyclic) bond motifs is 1. The highest BCUT2D eigenvalue weighted by Gasteiger charge is 2.25. The van der Waals surface area contributed by atoms with Crippen LogP contribution < -0.4 is 5.32 Å². The number of pyridine rings is 1. The molecule has 0 aromatic carbocycles. The standard InChI is InChI=1S/C20H24N6O2/c1-15-5-3-7-18-23-16(14-26(15)18)13-22-20(21-2)25-10-8-24(9-11-25)19(27)17-6-4-12-28-17/h3-7,12,14H,8-11,13H2,1-2H3,(H,21,22). The highest BCUT2D eigenvalue weighted by atomic mass is 16.3. The SMILES string of the molecule is CN=C(NCc1cn2c(C)cccc2n1)N1CCN(C(=O)c2ccco2)CC1. The fourth-order valence-corrected chi connectivity index (χ4v) is 3.46. The largest absolute Gasteiger partial charge is 0.459 e. The van der Waals surface area contributed by atoms with Gasteiger partial charge in [0, 0.05) is 45.1 Å². The van der Waals surface area contributed by atoms with Gasteiger partial charge in [0.1, 0.15) is 5.65 Å². The molecule has 1 fully saturated rings. The molecule has 8 heteroatoms. The van der Waals surface area contributed by atoms with Gasteiger partial charge in [-0.1, -0.05) is 6.07 Å². The molecule has 4 rings (SSSR count). The lowest BCUT2D eigenvalue weighted by atomic mass is 10.3. The molecule has 0 unspecified atom stereocenters. The Morgan fingerprint density at radius 2 is 1.96 bits per heavy atom. The molecule has 1 aliphatic rings. The predicted molar refractivity (Wildman–Crippen MR) is 106 cm³/mol. The van der Waals surface area contributed by atoms with Gasteiger partial charge in [-0.05, 0) is 31.2 Å². The van der Waals surface area contributed by atoms with Crippen LogP contribution in [0.5, 0.6) is 0 Å². The number of amides is 1. The van der Waals surface area contributed by atoms with Gasteiger partial charge in [0.15, 0.2) is 11.7 Å². The number of guanidine groups is 1. The molecule has 8 nitrogen and oxygen atoms in total. The third kappa shape index (κ3) is 3.58. The van der Waals surface area contributed by atoms with Crippen LogP contribution in [0.1, 0.15) is 21.9 Å². The molecule has 1 N–H and O–H groups in total. The van der Waals surface area contributed by atoms with Crippen LogP contribution in [0.2, 0.25) is 0 Å². The van der Waals surface area contributed by atoms with Crippen molar-refractivity contribution in [3.63, 3.8) is 0 Å². The van der Waals surface area contributed by atoms with Crippen molar-refractivity contribution in [2.75, 3.05) is 33.2 Å². The molecule has 0 aliphatic carbocycles. The number of aryl methyl sites for hydroxylation is 1. The smallest absolute Gasteiger partial charge is 0.289 e. The highest BCUT2D eigenvalue weighted by Crippen LogP contribution is 2.11. The second kappa shape index (κ2) is 7.75. The zero-order valence-corrected chi connectivity index (χ0v) is 16.1. The summed E-state index contributed by atoms with van der Waals surface area (Å²) in [6, 6.07) is 9.51. The minimum atomic E-state index is -0.0623. The van der Waals surface area contributed by atoms with Gasteiger partial charge in [-0.25, -0.2) is 4.98 Å². The van der Waals surface area contributed by atoms with Crippen molar-refractivity contribution < 1.29 is 9.21 Å². The van der Waals surface area contributed by atoms with Gasteiger partial charge in [-0.15, -0.1) is 0 Å². The number of piperazine rings is 1. The van der Waals surface area contributed by atoms with Crippen LogP contribution in [0.3, 0.4) is 0 Å². The van der Waals surface area contributed by atoms with Crippen LogP contribution in [0.25, 0.3) is 5.65 Å². The molecule has 28 heavy (non-hydrogen) atoms. The number of hydrogen-bond acceptors (Lipinski definition) is 4. The summed E-state index contributed by atoms with van der Waals surface area (Å²) >= 11 is 0. The zero-order chi connectivity index (χ0) is 19.5. The lowest BCUT2D eigenvalue weighted by molar-refractivity contribution is 0.0657. The quantitative estimate of drug-likeness (QED) is 0.553. The molecule has 1 saturated heterocycles. The first-order valence-electron chi connectivity index (χ1n) is 9.37. The number of aliphatic imine (C=N–C) groups is 1. The van der Waals surface area contributed by atoms with E-state index in [1.54, 1.807) is 19.2 Å². The fraction of sp³-hybridized carbons (Fsp3) is 0.350. The number of nitrogens with one attached hydrogen (secondary N) is 1. The van der Waals surface area contributed by atoms with Crippen LogP contribution >= 0.6 is 0 Å². The van der Waals surface area contributed by atoms with Gasteiger partial charge >= 0.3 is 0 Å². The van der Waals surface area contributed by atoms with Crippen LogP contribution in [-0.2, 0) is 6.54 Å². The van der Waals surface area contributed by atoms with Crippen LogP contribution in [-0.4, -0.2) is 64.3 Å². The van der Waals surface area contributed by atoms with Crippen molar-refractivity contribution in [1.29, 1.82) is 0 Å². The Bertz CT molecular complexity index is 983. The normalized spacial score (nSPS) is 15.3. The number of carbonyl (C=O) groups excluding carboxylic acids is 1. The van der Waals surface area contributed by atoms with Gasteiger partial charge in [0.25, 0.3) is 5.91 Å². The van der Waals surface area contributed by atoms with Crippen LogP contribution in [0.15, 0.2) is 52.2 Å². The molecule has 0 spiro atoms. The number of carbonyl (C=O) groups is 1. The van der Waals surface area contributed by atoms with E-state index in [1.165, 1.54) is 6.26 Å². The van der Waals surface area contributed by atoms with Gasteiger partial charge in [-0.2, -0.15) is 0 Å². The summed E-state index contributed by atoms with van der Waals surface area (Å²) in [6.45, 7) is 5.36. The molecular formula is C20H24N6O2. The van der Waals surface area contributed by atoms with Crippen LogP contribution in [0.4, 0.5) is 0 Å². The molecule has 0 atom stereocenters. The molecule has 0 radical (unpaired) electrons. The monoisotopic (exact) mass is 380 g/mol. The second-order valence-electron chi connectivity index (χ2n) is 6.78. The van der Waals surface area contributed by atoms with E-state index < -0.39 is 0 Å². The molecule has 3 aromatic heterocycles. The number of hydrogen-bond donors (Lipinski definition) is 1. The molecule has 1 aliphatic heterocycles. The molecule has 3 aromatic rings. The van der Waals surface area contributed by atoms with Gasteiger partial charge < -0.3 is 23.9 Å². The fourth-order valence-electron chi connectivity index (χ4n) is 3.46.